The average Bonchev–Trinajstić information content (AvgIpc) is 2.73. The number of aryl methyl sites for hydroxylation is 1. The molecular formula is C13H18N2O. The fourth-order valence-electron chi connectivity index (χ4n) is 1.98. The highest BCUT2D eigenvalue weighted by atomic mass is 16.3. The first-order valence-electron chi connectivity index (χ1n) is 5.92. The quantitative estimate of drug-likeness (QED) is 0.758. The fraction of sp³-hybridized carbons (Fsp3) is 0.462. The number of benzene rings is 1. The monoisotopic (exact) mass is 218 g/mol. The van der Waals surface area contributed by atoms with E-state index in [1.165, 1.54) is 24.8 Å². The standard InChI is InChI=1S/C13H18N2O/c1-2-3-4-6-10-7-5-8-11-13(10)15-12(9-16)14-11/h5,7-8,16H,2-4,6,9H2,1H3,(H,14,15). The number of hydrogen-bond donors (Lipinski definition) is 2. The third-order valence-corrected chi connectivity index (χ3v) is 2.84. The van der Waals surface area contributed by atoms with E-state index in [-0.39, 0.29) is 6.61 Å². The summed E-state index contributed by atoms with van der Waals surface area (Å²) in [5, 5.41) is 9.05. The summed E-state index contributed by atoms with van der Waals surface area (Å²) >= 11 is 0. The highest BCUT2D eigenvalue weighted by Crippen LogP contribution is 2.18. The molecule has 0 aliphatic carbocycles. The molecule has 2 aromatic rings. The summed E-state index contributed by atoms with van der Waals surface area (Å²) in [5.74, 6) is 0.651. The number of aliphatic hydroxyl groups excluding tert-OH is 1. The summed E-state index contributed by atoms with van der Waals surface area (Å²) in [6, 6.07) is 6.17. The minimum Gasteiger partial charge on any atom is -0.388 e. The van der Waals surface area contributed by atoms with Crippen LogP contribution < -0.4 is 0 Å². The van der Waals surface area contributed by atoms with E-state index in [1.807, 2.05) is 12.1 Å². The molecule has 0 radical (unpaired) electrons. The van der Waals surface area contributed by atoms with E-state index in [0.717, 1.165) is 17.5 Å². The molecule has 1 heterocycles. The topological polar surface area (TPSA) is 48.9 Å². The molecule has 0 unspecified atom stereocenters. The van der Waals surface area contributed by atoms with E-state index in [1.54, 1.807) is 0 Å². The molecule has 0 saturated carbocycles. The summed E-state index contributed by atoms with van der Waals surface area (Å²) in [5.41, 5.74) is 3.32. The van der Waals surface area contributed by atoms with Crippen LogP contribution in [-0.4, -0.2) is 15.1 Å². The number of nitrogens with one attached hydrogen (secondary N) is 1. The van der Waals surface area contributed by atoms with Gasteiger partial charge in [0.25, 0.3) is 0 Å². The lowest BCUT2D eigenvalue weighted by Crippen LogP contribution is -1.88. The summed E-state index contributed by atoms with van der Waals surface area (Å²) in [4.78, 5) is 7.52. The number of para-hydroxylation sites is 1. The van der Waals surface area contributed by atoms with Gasteiger partial charge in [0.1, 0.15) is 12.4 Å². The fourth-order valence-corrected chi connectivity index (χ4v) is 1.98. The molecule has 0 bridgehead atoms. The predicted octanol–water partition coefficient (Wildman–Crippen LogP) is 2.79. The number of aliphatic hydroxyl groups is 1. The molecule has 0 aliphatic heterocycles. The van der Waals surface area contributed by atoms with E-state index in [2.05, 4.69) is 23.0 Å². The Balaban J connectivity index is 2.26. The Bertz CT molecular complexity index is 462. The van der Waals surface area contributed by atoms with E-state index in [0.29, 0.717) is 5.82 Å². The average molecular weight is 218 g/mol. The van der Waals surface area contributed by atoms with Gasteiger partial charge in [-0.25, -0.2) is 4.98 Å². The lowest BCUT2D eigenvalue weighted by Gasteiger charge is -2.01. The summed E-state index contributed by atoms with van der Waals surface area (Å²) in [7, 11) is 0. The minimum atomic E-state index is -0.0247. The van der Waals surface area contributed by atoms with Crippen LogP contribution in [0.25, 0.3) is 11.0 Å². The van der Waals surface area contributed by atoms with Gasteiger partial charge in [0, 0.05) is 0 Å². The highest BCUT2D eigenvalue weighted by molar-refractivity contribution is 5.78. The van der Waals surface area contributed by atoms with Crippen molar-refractivity contribution < 1.29 is 5.11 Å². The molecule has 0 atom stereocenters. The minimum absolute atomic E-state index is 0.0247. The maximum atomic E-state index is 9.05. The van der Waals surface area contributed by atoms with Gasteiger partial charge in [-0.05, 0) is 24.5 Å². The van der Waals surface area contributed by atoms with Gasteiger partial charge in [0.15, 0.2) is 0 Å². The molecule has 3 heteroatoms. The van der Waals surface area contributed by atoms with Gasteiger partial charge in [-0.1, -0.05) is 31.9 Å². The third-order valence-electron chi connectivity index (χ3n) is 2.84. The van der Waals surface area contributed by atoms with Crippen LogP contribution in [0.3, 0.4) is 0 Å². The van der Waals surface area contributed by atoms with Crippen molar-refractivity contribution in [2.45, 2.75) is 39.2 Å². The lowest BCUT2D eigenvalue weighted by atomic mass is 10.1. The first-order chi connectivity index (χ1) is 7.85. The van der Waals surface area contributed by atoms with Gasteiger partial charge in [-0.15, -0.1) is 0 Å². The number of imidazole rings is 1. The van der Waals surface area contributed by atoms with Gasteiger partial charge in [-0.3, -0.25) is 0 Å². The third kappa shape index (κ3) is 2.25. The number of H-pyrrole nitrogens is 1. The normalized spacial score (nSPS) is 11.1. The molecule has 0 amide bonds. The predicted molar refractivity (Wildman–Crippen MR) is 65.2 cm³/mol. The van der Waals surface area contributed by atoms with Crippen molar-refractivity contribution in [1.29, 1.82) is 0 Å². The van der Waals surface area contributed by atoms with E-state index < -0.39 is 0 Å². The second kappa shape index (κ2) is 5.12. The number of aromatic nitrogens is 2. The maximum absolute atomic E-state index is 9.05. The number of rotatable bonds is 5. The molecule has 0 aliphatic rings. The summed E-state index contributed by atoms with van der Waals surface area (Å²) < 4.78 is 0. The molecule has 1 aromatic carbocycles. The van der Waals surface area contributed by atoms with Gasteiger partial charge in [0.2, 0.25) is 0 Å². The van der Waals surface area contributed by atoms with E-state index in [9.17, 15) is 0 Å². The van der Waals surface area contributed by atoms with Crippen molar-refractivity contribution in [2.24, 2.45) is 0 Å². The molecule has 3 nitrogen and oxygen atoms in total. The number of hydrogen-bond acceptors (Lipinski definition) is 2. The maximum Gasteiger partial charge on any atom is 0.133 e. The van der Waals surface area contributed by atoms with Crippen LogP contribution in [0.15, 0.2) is 18.2 Å². The summed E-state index contributed by atoms with van der Waals surface area (Å²) in [6.45, 7) is 2.18. The number of fused-ring (bicyclic) bond motifs is 1. The molecular weight excluding hydrogens is 200 g/mol. The van der Waals surface area contributed by atoms with Crippen molar-refractivity contribution in [3.8, 4) is 0 Å². The Morgan fingerprint density at radius 1 is 1.31 bits per heavy atom. The Kier molecular flexibility index (Phi) is 3.57. The highest BCUT2D eigenvalue weighted by Gasteiger charge is 2.05. The zero-order chi connectivity index (χ0) is 11.4. The van der Waals surface area contributed by atoms with Crippen LogP contribution in [0.5, 0.6) is 0 Å². The van der Waals surface area contributed by atoms with Crippen LogP contribution in [0.4, 0.5) is 0 Å². The van der Waals surface area contributed by atoms with Crippen LogP contribution >= 0.6 is 0 Å². The van der Waals surface area contributed by atoms with Gasteiger partial charge in [-0.2, -0.15) is 0 Å². The molecule has 2 N–H and O–H groups in total. The van der Waals surface area contributed by atoms with Crippen molar-refractivity contribution >= 4 is 11.0 Å². The van der Waals surface area contributed by atoms with Crippen molar-refractivity contribution in [3.05, 3.63) is 29.6 Å². The van der Waals surface area contributed by atoms with Gasteiger partial charge >= 0.3 is 0 Å². The number of unbranched alkanes of at least 4 members (excludes halogenated alkanes) is 2. The van der Waals surface area contributed by atoms with Crippen LogP contribution in [0, 0.1) is 0 Å². The Hall–Kier alpha value is -1.35. The second-order valence-corrected chi connectivity index (χ2v) is 4.11. The zero-order valence-electron chi connectivity index (χ0n) is 9.66. The lowest BCUT2D eigenvalue weighted by molar-refractivity contribution is 0.273. The van der Waals surface area contributed by atoms with Crippen LogP contribution in [0.1, 0.15) is 37.6 Å². The number of nitrogens with zero attached hydrogens (tertiary/aromatic N) is 1. The molecule has 0 saturated heterocycles. The Morgan fingerprint density at radius 2 is 2.19 bits per heavy atom. The Labute approximate surface area is 95.5 Å². The smallest absolute Gasteiger partial charge is 0.133 e. The molecule has 16 heavy (non-hydrogen) atoms. The van der Waals surface area contributed by atoms with Crippen molar-refractivity contribution in [1.82, 2.24) is 9.97 Å². The molecule has 0 spiro atoms. The first kappa shape index (κ1) is 11.1. The molecule has 2 rings (SSSR count). The van der Waals surface area contributed by atoms with Crippen molar-refractivity contribution in [2.75, 3.05) is 0 Å². The molecule has 1 aromatic heterocycles. The molecule has 0 fully saturated rings. The molecule has 86 valence electrons. The largest absolute Gasteiger partial charge is 0.388 e. The zero-order valence-corrected chi connectivity index (χ0v) is 9.66. The van der Waals surface area contributed by atoms with Crippen molar-refractivity contribution in [3.63, 3.8) is 0 Å². The SMILES string of the molecule is CCCCCc1cccc2[nH]c(CO)nc12. The van der Waals surface area contributed by atoms with Crippen LogP contribution in [0.2, 0.25) is 0 Å². The summed E-state index contributed by atoms with van der Waals surface area (Å²) in [6.07, 6.45) is 4.77. The van der Waals surface area contributed by atoms with E-state index >= 15 is 0 Å². The van der Waals surface area contributed by atoms with Gasteiger partial charge in [0.05, 0.1) is 11.0 Å². The van der Waals surface area contributed by atoms with Gasteiger partial charge < -0.3 is 10.1 Å². The van der Waals surface area contributed by atoms with Crippen LogP contribution in [-0.2, 0) is 13.0 Å². The number of aromatic amines is 1. The second-order valence-electron chi connectivity index (χ2n) is 4.11. The first-order valence-corrected chi connectivity index (χ1v) is 5.92. The Morgan fingerprint density at radius 3 is 2.94 bits per heavy atom. The van der Waals surface area contributed by atoms with E-state index in [4.69, 9.17) is 5.11 Å².